The van der Waals surface area contributed by atoms with E-state index in [2.05, 4.69) is 9.64 Å². The van der Waals surface area contributed by atoms with Crippen LogP contribution in [0.1, 0.15) is 22.8 Å². The second-order valence-corrected chi connectivity index (χ2v) is 7.08. The van der Waals surface area contributed by atoms with E-state index in [1.54, 1.807) is 35.2 Å². The number of hydrogen-bond donors (Lipinski definition) is 0. The van der Waals surface area contributed by atoms with E-state index < -0.39 is 6.61 Å². The molecule has 30 heavy (non-hydrogen) atoms. The summed E-state index contributed by atoms with van der Waals surface area (Å²) in [5.41, 5.74) is 1.88. The van der Waals surface area contributed by atoms with E-state index >= 15 is 0 Å². The lowest BCUT2D eigenvalue weighted by molar-refractivity contribution is -0.133. The van der Waals surface area contributed by atoms with Crippen LogP contribution in [0.25, 0.3) is 0 Å². The summed E-state index contributed by atoms with van der Waals surface area (Å²) in [6.45, 7) is 0.779. The molecule has 0 aromatic heterocycles. The Morgan fingerprint density at radius 3 is 2.43 bits per heavy atom. The minimum atomic E-state index is -2.94. The Morgan fingerprint density at radius 2 is 1.80 bits per heavy atom. The Bertz CT molecular complexity index is 889. The van der Waals surface area contributed by atoms with Crippen LogP contribution in [0.2, 0.25) is 0 Å². The summed E-state index contributed by atoms with van der Waals surface area (Å²) < 4.78 is 34.4. The quantitative estimate of drug-likeness (QED) is 0.674. The average molecular weight is 418 g/mol. The van der Waals surface area contributed by atoms with Gasteiger partial charge in [0.05, 0.1) is 19.1 Å². The molecule has 2 aromatic rings. The van der Waals surface area contributed by atoms with Crippen molar-refractivity contribution in [3.63, 3.8) is 0 Å². The summed E-state index contributed by atoms with van der Waals surface area (Å²) >= 11 is 0. The molecule has 6 nitrogen and oxygen atoms in total. The first-order valence-electron chi connectivity index (χ1n) is 9.64. The summed E-state index contributed by atoms with van der Waals surface area (Å²) in [5.74, 6) is -0.493. The zero-order valence-corrected chi connectivity index (χ0v) is 16.9. The van der Waals surface area contributed by atoms with Crippen LogP contribution in [0, 0.1) is 0 Å². The molecule has 1 aliphatic rings. The molecule has 160 valence electrons. The molecule has 1 unspecified atom stereocenters. The van der Waals surface area contributed by atoms with Crippen molar-refractivity contribution < 1.29 is 27.8 Å². The van der Waals surface area contributed by atoms with Gasteiger partial charge < -0.3 is 19.3 Å². The highest BCUT2D eigenvalue weighted by Crippen LogP contribution is 2.24. The first-order chi connectivity index (χ1) is 14.4. The van der Waals surface area contributed by atoms with Crippen LogP contribution in [0.15, 0.2) is 48.5 Å². The van der Waals surface area contributed by atoms with Crippen LogP contribution in [0.4, 0.5) is 14.5 Å². The molecule has 0 radical (unpaired) electrons. The number of carbonyl (C=O) groups is 2. The van der Waals surface area contributed by atoms with Gasteiger partial charge in [0, 0.05) is 36.9 Å². The highest BCUT2D eigenvalue weighted by atomic mass is 19.3. The molecule has 1 amide bonds. The van der Waals surface area contributed by atoms with E-state index in [0.29, 0.717) is 30.8 Å². The zero-order chi connectivity index (χ0) is 21.7. The topological polar surface area (TPSA) is 59.1 Å². The number of piperazine rings is 1. The molecule has 0 aliphatic carbocycles. The van der Waals surface area contributed by atoms with Crippen LogP contribution >= 0.6 is 0 Å². The third kappa shape index (κ3) is 5.06. The summed E-state index contributed by atoms with van der Waals surface area (Å²) in [5, 5.41) is 0. The number of carbonyl (C=O) groups excluding carboxylic acids is 2. The summed E-state index contributed by atoms with van der Waals surface area (Å²) in [6, 6.07) is 13.4. The Morgan fingerprint density at radius 1 is 1.10 bits per heavy atom. The minimum Gasteiger partial charge on any atom is -0.465 e. The van der Waals surface area contributed by atoms with Crippen molar-refractivity contribution in [2.45, 2.75) is 26.0 Å². The van der Waals surface area contributed by atoms with E-state index in [4.69, 9.17) is 4.74 Å². The fourth-order valence-electron chi connectivity index (χ4n) is 3.61. The van der Waals surface area contributed by atoms with E-state index in [1.807, 2.05) is 19.1 Å². The molecule has 1 aliphatic heterocycles. The van der Waals surface area contributed by atoms with Crippen molar-refractivity contribution >= 4 is 17.6 Å². The van der Waals surface area contributed by atoms with Gasteiger partial charge in [0.2, 0.25) is 5.91 Å². The van der Waals surface area contributed by atoms with Gasteiger partial charge in [-0.05, 0) is 37.3 Å². The lowest BCUT2D eigenvalue weighted by atomic mass is 10.1. The van der Waals surface area contributed by atoms with Crippen molar-refractivity contribution in [1.82, 2.24) is 4.90 Å². The molecule has 8 heteroatoms. The number of para-hydroxylation sites is 1. The molecular weight excluding hydrogens is 394 g/mol. The van der Waals surface area contributed by atoms with Crippen molar-refractivity contribution in [3.05, 3.63) is 59.7 Å². The fourth-order valence-corrected chi connectivity index (χ4v) is 3.61. The maximum absolute atomic E-state index is 12.8. The Balaban J connectivity index is 1.63. The van der Waals surface area contributed by atoms with Gasteiger partial charge in [-0.15, -0.1) is 0 Å². The number of benzene rings is 2. The van der Waals surface area contributed by atoms with E-state index in [1.165, 1.54) is 13.2 Å². The molecule has 1 fully saturated rings. The Kier molecular flexibility index (Phi) is 6.87. The first-order valence-corrected chi connectivity index (χ1v) is 9.64. The predicted molar refractivity (Wildman–Crippen MR) is 108 cm³/mol. The van der Waals surface area contributed by atoms with Crippen LogP contribution < -0.4 is 9.64 Å². The molecule has 1 atom stereocenters. The summed E-state index contributed by atoms with van der Waals surface area (Å²) in [7, 11) is 1.34. The van der Waals surface area contributed by atoms with E-state index in [0.717, 1.165) is 5.69 Å². The molecule has 0 bridgehead atoms. The number of alkyl halides is 2. The number of hydrogen-bond acceptors (Lipinski definition) is 5. The highest BCUT2D eigenvalue weighted by Gasteiger charge is 2.28. The molecule has 3 rings (SSSR count). The van der Waals surface area contributed by atoms with Crippen molar-refractivity contribution in [2.75, 3.05) is 31.6 Å². The largest absolute Gasteiger partial charge is 0.465 e. The molecular formula is C22H24F2N2O4. The molecule has 0 spiro atoms. The van der Waals surface area contributed by atoms with Gasteiger partial charge in [0.25, 0.3) is 0 Å². The second-order valence-electron chi connectivity index (χ2n) is 7.08. The van der Waals surface area contributed by atoms with Gasteiger partial charge in [0.15, 0.2) is 0 Å². The molecule has 0 N–H and O–H groups in total. The molecule has 1 saturated heterocycles. The van der Waals surface area contributed by atoms with Crippen LogP contribution in [0.3, 0.4) is 0 Å². The third-order valence-corrected chi connectivity index (χ3v) is 5.13. The van der Waals surface area contributed by atoms with Gasteiger partial charge in [-0.3, -0.25) is 4.79 Å². The SMILES string of the molecule is COC(=O)c1ccc(N2CCN(C(=O)Cc3ccccc3OC(F)F)C(C)C2)cc1. The van der Waals surface area contributed by atoms with Crippen molar-refractivity contribution in [2.24, 2.45) is 0 Å². The number of halogens is 2. The van der Waals surface area contributed by atoms with E-state index in [9.17, 15) is 18.4 Å². The van der Waals surface area contributed by atoms with Crippen LogP contribution in [0.5, 0.6) is 5.75 Å². The number of rotatable bonds is 6. The third-order valence-electron chi connectivity index (χ3n) is 5.13. The molecule has 2 aromatic carbocycles. The van der Waals surface area contributed by atoms with Gasteiger partial charge >= 0.3 is 12.6 Å². The standard InChI is InChI=1S/C22H24F2N2O4/c1-15-14-25(18-9-7-16(8-10-18)21(28)29-2)11-12-26(15)20(27)13-17-5-3-4-6-19(17)30-22(23)24/h3-10,15,22H,11-14H2,1-2H3. The van der Waals surface area contributed by atoms with Crippen molar-refractivity contribution in [3.8, 4) is 5.75 Å². The Labute approximate surface area is 174 Å². The fraction of sp³-hybridized carbons (Fsp3) is 0.364. The number of esters is 1. The average Bonchev–Trinajstić information content (AvgIpc) is 2.74. The summed E-state index contributed by atoms with van der Waals surface area (Å²) in [6.07, 6.45) is 0.00105. The number of anilines is 1. The van der Waals surface area contributed by atoms with E-state index in [-0.39, 0.29) is 30.1 Å². The second kappa shape index (κ2) is 9.56. The zero-order valence-electron chi connectivity index (χ0n) is 16.9. The van der Waals surface area contributed by atoms with Crippen LogP contribution in [-0.2, 0) is 16.0 Å². The highest BCUT2D eigenvalue weighted by molar-refractivity contribution is 5.89. The predicted octanol–water partition coefficient (Wildman–Crippen LogP) is 3.35. The van der Waals surface area contributed by atoms with Gasteiger partial charge in [0.1, 0.15) is 5.75 Å². The van der Waals surface area contributed by atoms with Crippen LogP contribution in [-0.4, -0.2) is 56.2 Å². The maximum atomic E-state index is 12.8. The normalized spacial score (nSPS) is 16.5. The maximum Gasteiger partial charge on any atom is 0.387 e. The van der Waals surface area contributed by atoms with Gasteiger partial charge in [-0.1, -0.05) is 18.2 Å². The summed E-state index contributed by atoms with van der Waals surface area (Å²) in [4.78, 5) is 28.3. The number of amides is 1. The number of nitrogens with zero attached hydrogens (tertiary/aromatic N) is 2. The van der Waals surface area contributed by atoms with Crippen molar-refractivity contribution in [1.29, 1.82) is 0 Å². The number of ether oxygens (including phenoxy) is 2. The molecule has 0 saturated carbocycles. The Hall–Kier alpha value is -3.16. The van der Waals surface area contributed by atoms with Gasteiger partial charge in [-0.2, -0.15) is 8.78 Å². The molecule has 1 heterocycles. The van der Waals surface area contributed by atoms with Gasteiger partial charge in [-0.25, -0.2) is 4.79 Å². The lowest BCUT2D eigenvalue weighted by Crippen LogP contribution is -2.54. The first kappa shape index (κ1) is 21.5. The number of methoxy groups -OCH3 is 1. The smallest absolute Gasteiger partial charge is 0.387 e. The minimum absolute atomic E-state index is 0.00105. The monoisotopic (exact) mass is 418 g/mol. The lowest BCUT2D eigenvalue weighted by Gasteiger charge is -2.41.